The molecule has 2 atom stereocenters. The number of rotatable bonds is 7. The summed E-state index contributed by atoms with van der Waals surface area (Å²) in [5.41, 5.74) is 1.93. The summed E-state index contributed by atoms with van der Waals surface area (Å²) < 4.78 is 27.2. The van der Waals surface area contributed by atoms with Crippen LogP contribution in [0.2, 0.25) is 0 Å². The van der Waals surface area contributed by atoms with Crippen LogP contribution in [0.5, 0.6) is 11.5 Å². The van der Waals surface area contributed by atoms with Crippen molar-refractivity contribution >= 4 is 16.8 Å². The summed E-state index contributed by atoms with van der Waals surface area (Å²) in [6.07, 6.45) is 1.25. The van der Waals surface area contributed by atoms with Crippen LogP contribution in [-0.4, -0.2) is 28.8 Å². The number of amides is 1. The number of halogens is 1. The smallest absolute Gasteiger partial charge is 0.225 e. The van der Waals surface area contributed by atoms with Crippen LogP contribution in [0.25, 0.3) is 16.6 Å². The highest BCUT2D eigenvalue weighted by molar-refractivity contribution is 5.82. The minimum Gasteiger partial charge on any atom is -0.496 e. The van der Waals surface area contributed by atoms with Gasteiger partial charge in [-0.25, -0.2) is 9.07 Å². The summed E-state index contributed by atoms with van der Waals surface area (Å²) >= 11 is 0. The second kappa shape index (κ2) is 9.78. The van der Waals surface area contributed by atoms with Gasteiger partial charge in [-0.05, 0) is 55.5 Å². The number of nitrogens with zero attached hydrogens (tertiary/aromatic N) is 2. The van der Waals surface area contributed by atoms with Crippen LogP contribution in [0.4, 0.5) is 4.39 Å². The molecule has 0 radical (unpaired) electrons. The predicted octanol–water partition coefficient (Wildman–Crippen LogP) is 5.84. The molecule has 0 aliphatic heterocycles. The number of nitrogens with one attached hydrogen (secondary N) is 1. The lowest BCUT2D eigenvalue weighted by Crippen LogP contribution is -2.44. The second-order valence-electron chi connectivity index (χ2n) is 9.55. The van der Waals surface area contributed by atoms with Crippen molar-refractivity contribution in [1.29, 1.82) is 0 Å². The fourth-order valence-corrected chi connectivity index (χ4v) is 3.85. The van der Waals surface area contributed by atoms with E-state index in [4.69, 9.17) is 9.47 Å². The van der Waals surface area contributed by atoms with Crippen LogP contribution >= 0.6 is 0 Å². The molecule has 0 saturated heterocycles. The first-order valence-electron chi connectivity index (χ1n) is 11.5. The topological polar surface area (TPSA) is 65.4 Å². The van der Waals surface area contributed by atoms with Crippen LogP contribution in [0.15, 0.2) is 72.9 Å². The number of hydrogen-bond donors (Lipinski definition) is 1. The van der Waals surface area contributed by atoms with Gasteiger partial charge in [0.05, 0.1) is 30.6 Å². The summed E-state index contributed by atoms with van der Waals surface area (Å²) in [5, 5.41) is 8.43. The maximum atomic E-state index is 13.3. The molecule has 0 fully saturated rings. The molecular formula is C28H30FN3O3. The zero-order valence-corrected chi connectivity index (χ0v) is 20.6. The third kappa shape index (κ3) is 5.29. The molecule has 4 rings (SSSR count). The predicted molar refractivity (Wildman–Crippen MR) is 134 cm³/mol. The van der Waals surface area contributed by atoms with Gasteiger partial charge < -0.3 is 14.8 Å². The quantitative estimate of drug-likeness (QED) is 0.364. The molecule has 182 valence electrons. The number of carbonyl (C=O) groups excluding carboxylic acids is 1. The molecule has 0 saturated carbocycles. The van der Waals surface area contributed by atoms with Gasteiger partial charge in [-0.15, -0.1) is 0 Å². The highest BCUT2D eigenvalue weighted by Crippen LogP contribution is 2.33. The van der Waals surface area contributed by atoms with Crippen LogP contribution < -0.4 is 14.8 Å². The van der Waals surface area contributed by atoms with Crippen molar-refractivity contribution in [3.63, 3.8) is 0 Å². The fraction of sp³-hybridized carbons (Fsp3) is 0.286. The average molecular weight is 476 g/mol. The Morgan fingerprint density at radius 1 is 1.06 bits per heavy atom. The minimum absolute atomic E-state index is 0.0653. The molecule has 6 nitrogen and oxygen atoms in total. The van der Waals surface area contributed by atoms with E-state index in [1.807, 2.05) is 70.2 Å². The van der Waals surface area contributed by atoms with E-state index in [9.17, 15) is 9.18 Å². The fourth-order valence-electron chi connectivity index (χ4n) is 3.85. The number of benzene rings is 3. The summed E-state index contributed by atoms with van der Waals surface area (Å²) in [4.78, 5) is 12.7. The van der Waals surface area contributed by atoms with Gasteiger partial charge in [-0.1, -0.05) is 39.0 Å². The molecule has 4 aromatic rings. The van der Waals surface area contributed by atoms with E-state index in [0.717, 1.165) is 22.2 Å². The van der Waals surface area contributed by atoms with Crippen LogP contribution in [-0.2, 0) is 4.79 Å². The maximum Gasteiger partial charge on any atom is 0.225 e. The standard InChI is InChI=1S/C28H30FN3O3/c1-18(31-27(33)28(2,3)4)26(23-8-6-7-9-25(23)34-5)35-22-14-15-24-19(16-22)17-30-32(24)21-12-10-20(29)11-13-21/h6-18,26H,1-5H3,(H,31,33)/t18-,26+/m1/s1. The average Bonchev–Trinajstić information content (AvgIpc) is 3.25. The SMILES string of the molecule is COc1ccccc1[C@@H](Oc1ccc2c(cnn2-c2ccc(F)cc2)c1)[C@@H](C)NC(=O)C(C)(C)C. The van der Waals surface area contributed by atoms with Gasteiger partial charge in [-0.2, -0.15) is 5.10 Å². The highest BCUT2D eigenvalue weighted by Gasteiger charge is 2.30. The van der Waals surface area contributed by atoms with Crippen LogP contribution in [0.1, 0.15) is 39.4 Å². The Bertz CT molecular complexity index is 1330. The van der Waals surface area contributed by atoms with Crippen molar-refractivity contribution in [3.8, 4) is 17.2 Å². The maximum absolute atomic E-state index is 13.3. The first-order valence-corrected chi connectivity index (χ1v) is 11.5. The summed E-state index contributed by atoms with van der Waals surface area (Å²) in [6, 6.07) is 19.2. The van der Waals surface area contributed by atoms with Crippen molar-refractivity contribution in [3.05, 3.63) is 84.3 Å². The number of para-hydroxylation sites is 1. The molecule has 1 aromatic heterocycles. The van der Waals surface area contributed by atoms with Gasteiger partial charge >= 0.3 is 0 Å². The molecule has 3 aromatic carbocycles. The molecular weight excluding hydrogens is 445 g/mol. The second-order valence-corrected chi connectivity index (χ2v) is 9.55. The van der Waals surface area contributed by atoms with E-state index >= 15 is 0 Å². The molecule has 7 heteroatoms. The summed E-state index contributed by atoms with van der Waals surface area (Å²) in [6.45, 7) is 7.55. The number of fused-ring (bicyclic) bond motifs is 1. The molecule has 0 spiro atoms. The van der Waals surface area contributed by atoms with E-state index in [1.54, 1.807) is 30.1 Å². The third-order valence-electron chi connectivity index (χ3n) is 5.81. The number of ether oxygens (including phenoxy) is 2. The molecule has 0 aliphatic carbocycles. The Morgan fingerprint density at radius 2 is 1.77 bits per heavy atom. The Labute approximate surface area is 204 Å². The molecule has 0 bridgehead atoms. The zero-order valence-electron chi connectivity index (χ0n) is 20.6. The minimum atomic E-state index is -0.534. The molecule has 0 aliphatic rings. The van der Waals surface area contributed by atoms with Crippen molar-refractivity contribution < 1.29 is 18.7 Å². The summed E-state index contributed by atoms with van der Waals surface area (Å²) in [5.74, 6) is 0.948. The largest absolute Gasteiger partial charge is 0.496 e. The Balaban J connectivity index is 1.67. The molecule has 1 amide bonds. The molecule has 35 heavy (non-hydrogen) atoms. The summed E-state index contributed by atoms with van der Waals surface area (Å²) in [7, 11) is 1.62. The van der Waals surface area contributed by atoms with E-state index in [2.05, 4.69) is 10.4 Å². The number of aromatic nitrogens is 2. The molecule has 1 N–H and O–H groups in total. The monoisotopic (exact) mass is 475 g/mol. The molecule has 0 unspecified atom stereocenters. The Hall–Kier alpha value is -3.87. The van der Waals surface area contributed by atoms with E-state index in [-0.39, 0.29) is 17.8 Å². The van der Waals surface area contributed by atoms with Gasteiger partial charge in [0.25, 0.3) is 0 Å². The van der Waals surface area contributed by atoms with Gasteiger partial charge in [0.1, 0.15) is 23.4 Å². The number of carbonyl (C=O) groups is 1. The highest BCUT2D eigenvalue weighted by atomic mass is 19.1. The van der Waals surface area contributed by atoms with Crippen molar-refractivity contribution in [2.75, 3.05) is 7.11 Å². The van der Waals surface area contributed by atoms with Crippen LogP contribution in [0, 0.1) is 11.2 Å². The van der Waals surface area contributed by atoms with Crippen molar-refractivity contribution in [1.82, 2.24) is 15.1 Å². The number of methoxy groups -OCH3 is 1. The van der Waals surface area contributed by atoms with E-state index in [0.29, 0.717) is 11.5 Å². The van der Waals surface area contributed by atoms with E-state index in [1.165, 1.54) is 12.1 Å². The Morgan fingerprint density at radius 3 is 2.46 bits per heavy atom. The van der Waals surface area contributed by atoms with Gasteiger partial charge in [0.2, 0.25) is 5.91 Å². The van der Waals surface area contributed by atoms with Gasteiger partial charge in [-0.3, -0.25) is 4.79 Å². The van der Waals surface area contributed by atoms with Crippen LogP contribution in [0.3, 0.4) is 0 Å². The van der Waals surface area contributed by atoms with Crippen molar-refractivity contribution in [2.45, 2.75) is 39.8 Å². The Kier molecular flexibility index (Phi) is 6.78. The van der Waals surface area contributed by atoms with Crippen molar-refractivity contribution in [2.24, 2.45) is 5.41 Å². The lowest BCUT2D eigenvalue weighted by molar-refractivity contribution is -0.129. The first-order chi connectivity index (χ1) is 16.7. The zero-order chi connectivity index (χ0) is 25.2. The third-order valence-corrected chi connectivity index (χ3v) is 5.81. The van der Waals surface area contributed by atoms with Gasteiger partial charge in [0.15, 0.2) is 0 Å². The normalized spacial score (nSPS) is 13.3. The first kappa shape index (κ1) is 24.3. The lowest BCUT2D eigenvalue weighted by atomic mass is 9.94. The lowest BCUT2D eigenvalue weighted by Gasteiger charge is -2.30. The molecule has 1 heterocycles. The van der Waals surface area contributed by atoms with Gasteiger partial charge in [0, 0.05) is 16.4 Å². The number of hydrogen-bond acceptors (Lipinski definition) is 4. The van der Waals surface area contributed by atoms with E-state index < -0.39 is 11.5 Å².